The van der Waals surface area contributed by atoms with Crippen molar-refractivity contribution >= 4 is 41.8 Å². The smallest absolute Gasteiger partial charge is 0.251 e. The Kier molecular flexibility index (Phi) is 8.70. The van der Waals surface area contributed by atoms with Crippen molar-refractivity contribution in [1.29, 1.82) is 0 Å². The average molecular weight is 536 g/mol. The molecular weight excluding hydrogens is 505 g/mol. The second-order valence-corrected chi connectivity index (χ2v) is 8.90. The van der Waals surface area contributed by atoms with Crippen LogP contribution in [0.25, 0.3) is 22.2 Å². The van der Waals surface area contributed by atoms with Crippen LogP contribution < -0.4 is 15.5 Å². The van der Waals surface area contributed by atoms with Crippen LogP contribution in [-0.4, -0.2) is 65.7 Å². The molecule has 4 aromatic rings. The van der Waals surface area contributed by atoms with Crippen molar-refractivity contribution in [2.75, 3.05) is 50.1 Å². The van der Waals surface area contributed by atoms with Crippen molar-refractivity contribution in [3.63, 3.8) is 0 Å². The summed E-state index contributed by atoms with van der Waals surface area (Å²) in [4.78, 5) is 32.2. The van der Waals surface area contributed by atoms with Gasteiger partial charge in [-0.25, -0.2) is 14.4 Å². The van der Waals surface area contributed by atoms with Crippen LogP contribution in [0.2, 0.25) is 0 Å². The molecule has 1 atom stereocenters. The SMILES string of the molecule is CNC(=O)c1ccnc2c([C@H](C)CNc3cc(-c4cncc(N5CCOCC5)c4)ncn3)ccc(F)c12.S. The van der Waals surface area contributed by atoms with Crippen LogP contribution in [0.1, 0.15) is 28.8 Å². The molecule has 1 fully saturated rings. The highest BCUT2D eigenvalue weighted by atomic mass is 32.1. The molecule has 38 heavy (non-hydrogen) atoms. The van der Waals surface area contributed by atoms with E-state index in [9.17, 15) is 9.18 Å². The summed E-state index contributed by atoms with van der Waals surface area (Å²) in [5.74, 6) is -0.201. The Morgan fingerprint density at radius 3 is 2.74 bits per heavy atom. The Labute approximate surface area is 227 Å². The molecule has 0 unspecified atom stereocenters. The van der Waals surface area contributed by atoms with Gasteiger partial charge in [0.05, 0.1) is 41.9 Å². The fourth-order valence-electron chi connectivity index (χ4n) is 4.51. The molecule has 9 nitrogen and oxygen atoms in total. The molecular formula is C27H30FN7O2S. The molecule has 1 aromatic carbocycles. The zero-order valence-corrected chi connectivity index (χ0v) is 22.2. The van der Waals surface area contributed by atoms with Crippen LogP contribution in [0.4, 0.5) is 15.9 Å². The Balaban J connectivity index is 0.00000336. The van der Waals surface area contributed by atoms with E-state index in [1.807, 2.05) is 19.2 Å². The van der Waals surface area contributed by atoms with Gasteiger partial charge in [-0.2, -0.15) is 13.5 Å². The summed E-state index contributed by atoms with van der Waals surface area (Å²) in [5, 5.41) is 6.15. The van der Waals surface area contributed by atoms with Gasteiger partial charge in [-0.1, -0.05) is 13.0 Å². The predicted octanol–water partition coefficient (Wildman–Crippen LogP) is 3.75. The minimum Gasteiger partial charge on any atom is -0.378 e. The number of benzene rings is 1. The summed E-state index contributed by atoms with van der Waals surface area (Å²) in [7, 11) is 1.52. The molecule has 1 aliphatic heterocycles. The van der Waals surface area contributed by atoms with E-state index in [1.54, 1.807) is 12.3 Å². The minimum absolute atomic E-state index is 0. The number of rotatable bonds is 7. The largest absolute Gasteiger partial charge is 0.378 e. The van der Waals surface area contributed by atoms with Gasteiger partial charge in [0.15, 0.2) is 0 Å². The van der Waals surface area contributed by atoms with E-state index in [0.717, 1.165) is 35.6 Å². The highest BCUT2D eigenvalue weighted by Gasteiger charge is 2.19. The summed E-state index contributed by atoms with van der Waals surface area (Å²) in [5.41, 5.74) is 4.28. The van der Waals surface area contributed by atoms with Crippen LogP contribution in [0.15, 0.2) is 55.2 Å². The zero-order valence-electron chi connectivity index (χ0n) is 21.2. The third-order valence-corrected chi connectivity index (χ3v) is 6.53. The number of nitrogens with zero attached hydrogens (tertiary/aromatic N) is 5. The fourth-order valence-corrected chi connectivity index (χ4v) is 4.51. The molecule has 0 spiro atoms. The molecule has 1 aliphatic rings. The maximum atomic E-state index is 14.7. The number of aromatic nitrogens is 4. The number of anilines is 2. The van der Waals surface area contributed by atoms with Crippen molar-refractivity contribution in [2.24, 2.45) is 0 Å². The fraction of sp³-hybridized carbons (Fsp3) is 0.296. The minimum atomic E-state index is -0.473. The number of amides is 1. The normalized spacial score (nSPS) is 14.0. The van der Waals surface area contributed by atoms with Crippen LogP contribution in [-0.2, 0) is 4.74 Å². The number of carbonyl (C=O) groups is 1. The first kappa shape index (κ1) is 27.2. The van der Waals surface area contributed by atoms with Gasteiger partial charge in [-0.3, -0.25) is 14.8 Å². The molecule has 1 saturated heterocycles. The van der Waals surface area contributed by atoms with Crippen molar-refractivity contribution in [2.45, 2.75) is 12.8 Å². The van der Waals surface area contributed by atoms with Gasteiger partial charge in [0, 0.05) is 62.0 Å². The van der Waals surface area contributed by atoms with Crippen LogP contribution >= 0.6 is 13.5 Å². The second kappa shape index (κ2) is 12.1. The van der Waals surface area contributed by atoms with E-state index in [-0.39, 0.29) is 36.3 Å². The van der Waals surface area contributed by atoms with Crippen LogP contribution in [0.3, 0.4) is 0 Å². The van der Waals surface area contributed by atoms with Crippen LogP contribution in [0.5, 0.6) is 0 Å². The molecule has 11 heteroatoms. The maximum absolute atomic E-state index is 14.7. The number of hydrogen-bond donors (Lipinski definition) is 2. The topological polar surface area (TPSA) is 105 Å². The van der Waals surface area contributed by atoms with Gasteiger partial charge >= 0.3 is 0 Å². The maximum Gasteiger partial charge on any atom is 0.251 e. The quantitative estimate of drug-likeness (QED) is 0.369. The Morgan fingerprint density at radius 2 is 1.95 bits per heavy atom. The molecule has 0 bridgehead atoms. The molecule has 3 aromatic heterocycles. The number of nitrogens with one attached hydrogen (secondary N) is 2. The summed E-state index contributed by atoms with van der Waals surface area (Å²) in [6.45, 7) is 5.61. The van der Waals surface area contributed by atoms with Crippen molar-refractivity contribution < 1.29 is 13.9 Å². The first-order valence-corrected chi connectivity index (χ1v) is 12.2. The summed E-state index contributed by atoms with van der Waals surface area (Å²) in [6.07, 6.45) is 6.70. The first-order chi connectivity index (χ1) is 18.0. The Hall–Kier alpha value is -3.83. The molecule has 5 rings (SSSR count). The average Bonchev–Trinajstić information content (AvgIpc) is 2.96. The second-order valence-electron chi connectivity index (χ2n) is 8.90. The molecule has 0 aliphatic carbocycles. The van der Waals surface area contributed by atoms with E-state index >= 15 is 0 Å². The number of hydrogen-bond acceptors (Lipinski definition) is 8. The summed E-state index contributed by atoms with van der Waals surface area (Å²) in [6, 6.07) is 8.60. The zero-order chi connectivity index (χ0) is 25.8. The molecule has 1 amide bonds. The number of pyridine rings is 2. The van der Waals surface area contributed by atoms with Gasteiger partial charge < -0.3 is 20.3 Å². The van der Waals surface area contributed by atoms with Crippen molar-refractivity contribution in [3.8, 4) is 11.3 Å². The number of fused-ring (bicyclic) bond motifs is 1. The third kappa shape index (κ3) is 5.68. The van der Waals surface area contributed by atoms with Gasteiger partial charge in [-0.05, 0) is 23.8 Å². The number of halogens is 1. The monoisotopic (exact) mass is 535 g/mol. The van der Waals surface area contributed by atoms with Crippen molar-refractivity contribution in [3.05, 3.63) is 72.2 Å². The lowest BCUT2D eigenvalue weighted by Crippen LogP contribution is -2.36. The van der Waals surface area contributed by atoms with E-state index in [2.05, 4.69) is 41.5 Å². The number of carbonyl (C=O) groups excluding carboxylic acids is 1. The molecule has 2 N–H and O–H groups in total. The van der Waals surface area contributed by atoms with Gasteiger partial charge in [0.1, 0.15) is 18.0 Å². The Morgan fingerprint density at radius 1 is 1.13 bits per heavy atom. The third-order valence-electron chi connectivity index (χ3n) is 6.53. The van der Waals surface area contributed by atoms with E-state index < -0.39 is 5.82 Å². The lowest BCUT2D eigenvalue weighted by Gasteiger charge is -2.28. The van der Waals surface area contributed by atoms with Gasteiger partial charge in [0.25, 0.3) is 5.91 Å². The number of morpholine rings is 1. The van der Waals surface area contributed by atoms with E-state index in [4.69, 9.17) is 4.74 Å². The lowest BCUT2D eigenvalue weighted by atomic mass is 9.95. The lowest BCUT2D eigenvalue weighted by molar-refractivity contribution is 0.0964. The molecule has 4 heterocycles. The molecule has 0 saturated carbocycles. The Bertz CT molecular complexity index is 1430. The summed E-state index contributed by atoms with van der Waals surface area (Å²) >= 11 is 0. The van der Waals surface area contributed by atoms with Gasteiger partial charge in [-0.15, -0.1) is 0 Å². The molecule has 198 valence electrons. The highest BCUT2D eigenvalue weighted by molar-refractivity contribution is 7.59. The van der Waals surface area contributed by atoms with E-state index in [0.29, 0.717) is 31.1 Å². The van der Waals surface area contributed by atoms with Gasteiger partial charge in [0.2, 0.25) is 0 Å². The predicted molar refractivity (Wildman–Crippen MR) is 151 cm³/mol. The summed E-state index contributed by atoms with van der Waals surface area (Å²) < 4.78 is 20.2. The molecule has 0 radical (unpaired) electrons. The van der Waals surface area contributed by atoms with Crippen molar-refractivity contribution in [1.82, 2.24) is 25.3 Å². The standard InChI is InChI=1S/C27H28FN7O2.H2S/c1-17(20-3-4-22(28)25-21(27(36)29-2)5-6-31-26(20)25)13-32-24-12-23(33-16-34-24)18-11-19(15-30-14-18)35-7-9-37-10-8-35;/h3-6,11-12,14-17H,7-10,13H2,1-2H3,(H,29,36)(H,32,33,34);1H2/t17-;/m1./s1. The highest BCUT2D eigenvalue weighted by Crippen LogP contribution is 2.29. The number of ether oxygens (including phenoxy) is 1. The first-order valence-electron chi connectivity index (χ1n) is 12.2. The van der Waals surface area contributed by atoms with E-state index in [1.165, 1.54) is 31.7 Å². The van der Waals surface area contributed by atoms with Crippen LogP contribution in [0, 0.1) is 5.82 Å².